The Labute approximate surface area is 253 Å². The summed E-state index contributed by atoms with van der Waals surface area (Å²) in [7, 11) is 0. The number of nitrogens with zero attached hydrogens (tertiary/aromatic N) is 3. The maximum Gasteiger partial charge on any atom is 0.338 e. The second-order valence-electron chi connectivity index (χ2n) is 10.3. The van der Waals surface area contributed by atoms with Crippen LogP contribution in [0.25, 0.3) is 10.2 Å². The summed E-state index contributed by atoms with van der Waals surface area (Å²) in [6, 6.07) is 3.37. The lowest BCUT2D eigenvalue weighted by Crippen LogP contribution is -2.45. The molecule has 2 aliphatic heterocycles. The molecule has 3 N–H and O–H groups in total. The maximum absolute atomic E-state index is 13.3. The molecule has 0 radical (unpaired) electrons. The number of hydrogen-bond acceptors (Lipinski definition) is 10. The first-order valence-electron chi connectivity index (χ1n) is 13.8. The third kappa shape index (κ3) is 7.43. The Morgan fingerprint density at radius 1 is 1.21 bits per heavy atom. The van der Waals surface area contributed by atoms with Crippen LogP contribution in [0.2, 0.25) is 0 Å². The van der Waals surface area contributed by atoms with Crippen molar-refractivity contribution in [1.82, 2.24) is 20.6 Å². The number of amides is 3. The summed E-state index contributed by atoms with van der Waals surface area (Å²) in [4.78, 5) is 58.4. The Bertz CT molecular complexity index is 1540. The summed E-state index contributed by atoms with van der Waals surface area (Å²) < 4.78 is 9.77. The normalized spacial score (nSPS) is 15.6. The number of urea groups is 1. The van der Waals surface area contributed by atoms with Gasteiger partial charge in [-0.1, -0.05) is 27.0 Å². The lowest BCUT2D eigenvalue weighted by Gasteiger charge is -2.29. The number of nitrogens with one attached hydrogen (secondary N) is 3. The van der Waals surface area contributed by atoms with Gasteiger partial charge in [-0.25, -0.2) is 24.4 Å². The number of aromatic nitrogens is 2. The van der Waals surface area contributed by atoms with Gasteiger partial charge < -0.3 is 25.4 Å². The van der Waals surface area contributed by atoms with Gasteiger partial charge in [-0.2, -0.15) is 0 Å². The molecule has 0 aromatic carbocycles. The van der Waals surface area contributed by atoms with E-state index < -0.39 is 11.9 Å². The van der Waals surface area contributed by atoms with Crippen molar-refractivity contribution in [3.8, 4) is 5.88 Å². The van der Waals surface area contributed by atoms with Gasteiger partial charge in [0.25, 0.3) is 5.91 Å². The molecule has 3 aromatic heterocycles. The standard InChI is InChI=1S/C24H28N6O3S.C6H6O3/c1-13(2)12-33-18-9-14(3)17(11-27-18)30-16-6-8-26-23-19(16)20(29-24(30)32)21(34-23)22(31)28-15-5-4-7-25-10-15;1-3-5(7)9-6(8)4-2/h6,8-9,11,13,15,25H,4-5,7,10,12H2,1-3H3,(H,28,31)(H,29,32);3-4H,1-2H2/t15-;/m1./s1. The number of carbonyl (C=O) groups is 4. The minimum absolute atomic E-state index is 0.0760. The first-order chi connectivity index (χ1) is 20.6. The van der Waals surface area contributed by atoms with E-state index in [9.17, 15) is 19.2 Å². The number of anilines is 3. The third-order valence-corrected chi connectivity index (χ3v) is 7.58. The molecule has 3 amide bonds. The van der Waals surface area contributed by atoms with Crippen molar-refractivity contribution < 1.29 is 28.7 Å². The van der Waals surface area contributed by atoms with Crippen molar-refractivity contribution in [1.29, 1.82) is 0 Å². The second-order valence-corrected chi connectivity index (χ2v) is 11.3. The van der Waals surface area contributed by atoms with Gasteiger partial charge in [0.15, 0.2) is 0 Å². The van der Waals surface area contributed by atoms with Gasteiger partial charge in [-0.15, -0.1) is 11.3 Å². The van der Waals surface area contributed by atoms with Crippen LogP contribution in [0, 0.1) is 12.8 Å². The van der Waals surface area contributed by atoms with Crippen LogP contribution in [-0.4, -0.2) is 59.6 Å². The Kier molecular flexibility index (Phi) is 10.2. The van der Waals surface area contributed by atoms with Gasteiger partial charge in [0.1, 0.15) is 9.71 Å². The number of esters is 2. The molecule has 12 nitrogen and oxygen atoms in total. The molecule has 0 aliphatic carbocycles. The second kappa shape index (κ2) is 14.0. The summed E-state index contributed by atoms with van der Waals surface area (Å²) in [6.07, 6.45) is 7.09. The number of thiophene rings is 1. The van der Waals surface area contributed by atoms with E-state index in [1.54, 1.807) is 23.4 Å². The highest BCUT2D eigenvalue weighted by Gasteiger charge is 2.34. The van der Waals surface area contributed by atoms with Crippen molar-refractivity contribution in [2.75, 3.05) is 29.9 Å². The van der Waals surface area contributed by atoms with Gasteiger partial charge in [-0.3, -0.25) is 9.69 Å². The highest BCUT2D eigenvalue weighted by molar-refractivity contribution is 7.21. The minimum Gasteiger partial charge on any atom is -0.477 e. The van der Waals surface area contributed by atoms with Crippen LogP contribution in [0.15, 0.2) is 49.8 Å². The Morgan fingerprint density at radius 3 is 2.58 bits per heavy atom. The first-order valence-corrected chi connectivity index (χ1v) is 14.6. The van der Waals surface area contributed by atoms with Gasteiger partial charge in [0.2, 0.25) is 5.88 Å². The van der Waals surface area contributed by atoms with Crippen molar-refractivity contribution >= 4 is 62.5 Å². The number of pyridine rings is 2. The zero-order valence-corrected chi connectivity index (χ0v) is 25.1. The van der Waals surface area contributed by atoms with E-state index in [0.29, 0.717) is 45.2 Å². The van der Waals surface area contributed by atoms with E-state index in [-0.39, 0.29) is 18.0 Å². The molecular formula is C30H34N6O6S. The molecule has 1 fully saturated rings. The Balaban J connectivity index is 0.000000410. The number of aryl methyl sites for hydroxylation is 1. The number of rotatable bonds is 8. The van der Waals surface area contributed by atoms with Crippen LogP contribution in [0.1, 0.15) is 41.9 Å². The quantitative estimate of drug-likeness (QED) is 0.189. The minimum atomic E-state index is -0.764. The molecule has 226 valence electrons. The number of ether oxygens (including phenoxy) is 2. The van der Waals surface area contributed by atoms with Crippen molar-refractivity contribution in [3.63, 3.8) is 0 Å². The molecule has 5 heterocycles. The number of carbonyl (C=O) groups excluding carboxylic acids is 4. The number of piperidine rings is 1. The van der Waals surface area contributed by atoms with Crippen molar-refractivity contribution in [2.24, 2.45) is 5.92 Å². The zero-order chi connectivity index (χ0) is 31.1. The van der Waals surface area contributed by atoms with Gasteiger partial charge >= 0.3 is 18.0 Å². The molecule has 3 aromatic rings. The topological polar surface area (TPSA) is 152 Å². The molecule has 0 spiro atoms. The summed E-state index contributed by atoms with van der Waals surface area (Å²) in [6.45, 7) is 14.5. The SMILES string of the molecule is C=CC(=O)OC(=O)C=C.Cc1cc(OCC(C)C)ncc1N1C(=O)Nc2c(C(=O)N[C@@H]3CCCNC3)sc3nccc1c23. The molecule has 0 saturated carbocycles. The van der Waals surface area contributed by atoms with Gasteiger partial charge in [-0.05, 0) is 43.9 Å². The predicted molar refractivity (Wildman–Crippen MR) is 165 cm³/mol. The summed E-state index contributed by atoms with van der Waals surface area (Å²) in [5.74, 6) is -0.798. The summed E-state index contributed by atoms with van der Waals surface area (Å²) in [5.41, 5.74) is 2.71. The fourth-order valence-corrected chi connectivity index (χ4v) is 5.50. The van der Waals surface area contributed by atoms with E-state index in [4.69, 9.17) is 4.74 Å². The first kappa shape index (κ1) is 31.3. The summed E-state index contributed by atoms with van der Waals surface area (Å²) >= 11 is 1.29. The average molecular weight is 607 g/mol. The monoisotopic (exact) mass is 606 g/mol. The lowest BCUT2D eigenvalue weighted by molar-refractivity contribution is -0.152. The highest BCUT2D eigenvalue weighted by atomic mass is 32.1. The molecule has 13 heteroatoms. The fourth-order valence-electron chi connectivity index (χ4n) is 4.48. The maximum atomic E-state index is 13.3. The van der Waals surface area contributed by atoms with E-state index in [1.807, 2.05) is 13.0 Å². The van der Waals surface area contributed by atoms with Gasteiger partial charge in [0, 0.05) is 37.0 Å². The van der Waals surface area contributed by atoms with Crippen LogP contribution in [0.3, 0.4) is 0 Å². The molecule has 0 bridgehead atoms. The van der Waals surface area contributed by atoms with Crippen molar-refractivity contribution in [3.05, 3.63) is 60.3 Å². The van der Waals surface area contributed by atoms with Crippen LogP contribution in [0.5, 0.6) is 5.88 Å². The van der Waals surface area contributed by atoms with Crippen LogP contribution in [-0.2, 0) is 14.3 Å². The fraction of sp³-hybridized carbons (Fsp3) is 0.333. The molecule has 1 atom stereocenters. The number of hydrogen-bond donors (Lipinski definition) is 3. The van der Waals surface area contributed by atoms with E-state index in [2.05, 4.69) is 57.7 Å². The Morgan fingerprint density at radius 2 is 1.95 bits per heavy atom. The molecule has 2 aliphatic rings. The Hall–Kier alpha value is -4.62. The van der Waals surface area contributed by atoms with E-state index in [0.717, 1.165) is 49.0 Å². The third-order valence-electron chi connectivity index (χ3n) is 6.48. The molecule has 5 rings (SSSR count). The zero-order valence-electron chi connectivity index (χ0n) is 24.3. The van der Waals surface area contributed by atoms with E-state index in [1.165, 1.54) is 11.3 Å². The molecule has 1 saturated heterocycles. The molecule has 43 heavy (non-hydrogen) atoms. The smallest absolute Gasteiger partial charge is 0.338 e. The van der Waals surface area contributed by atoms with E-state index >= 15 is 0 Å². The van der Waals surface area contributed by atoms with Gasteiger partial charge in [0.05, 0.1) is 35.3 Å². The largest absolute Gasteiger partial charge is 0.477 e. The lowest BCUT2D eigenvalue weighted by atomic mass is 10.1. The summed E-state index contributed by atoms with van der Waals surface area (Å²) in [5, 5.41) is 10.1. The van der Waals surface area contributed by atoms with Crippen LogP contribution < -0.4 is 25.6 Å². The molecular weight excluding hydrogens is 572 g/mol. The van der Waals surface area contributed by atoms with Crippen molar-refractivity contribution in [2.45, 2.75) is 39.7 Å². The van der Waals surface area contributed by atoms with Crippen LogP contribution in [0.4, 0.5) is 21.9 Å². The average Bonchev–Trinajstić information content (AvgIpc) is 3.37. The predicted octanol–water partition coefficient (Wildman–Crippen LogP) is 4.63. The molecule has 0 unspecified atom stereocenters. The van der Waals surface area contributed by atoms with Crippen LogP contribution >= 0.6 is 11.3 Å². The highest BCUT2D eigenvalue weighted by Crippen LogP contribution is 2.46.